The molecule has 1 amide bonds. The minimum atomic E-state index is -3.13. The van der Waals surface area contributed by atoms with Gasteiger partial charge in [0.2, 0.25) is 0 Å². The Labute approximate surface area is 258 Å². The van der Waals surface area contributed by atoms with Gasteiger partial charge in [-0.3, -0.25) is 4.79 Å². The van der Waals surface area contributed by atoms with Crippen molar-refractivity contribution in [2.75, 3.05) is 35.7 Å². The predicted molar refractivity (Wildman–Crippen MR) is 173 cm³/mol. The van der Waals surface area contributed by atoms with Gasteiger partial charge >= 0.3 is 0 Å². The molecule has 3 aromatic rings. The van der Waals surface area contributed by atoms with Crippen molar-refractivity contribution in [2.24, 2.45) is 0 Å². The van der Waals surface area contributed by atoms with E-state index in [9.17, 15) is 13.2 Å². The van der Waals surface area contributed by atoms with E-state index in [-0.39, 0.29) is 17.2 Å². The normalized spacial score (nSPS) is 13.7. The molecular formula is C31H39ClN6O4S. The maximum absolute atomic E-state index is 12.6. The zero-order chi connectivity index (χ0) is 31.4. The number of hydrogen-bond donors (Lipinski definition) is 4. The number of carbonyl (C=O) groups is 1. The zero-order valence-corrected chi connectivity index (χ0v) is 26.9. The van der Waals surface area contributed by atoms with E-state index in [1.807, 2.05) is 46.8 Å². The molecule has 230 valence electrons. The van der Waals surface area contributed by atoms with Gasteiger partial charge in [0.15, 0.2) is 0 Å². The van der Waals surface area contributed by atoms with E-state index in [0.717, 1.165) is 17.6 Å². The Morgan fingerprint density at radius 3 is 2.56 bits per heavy atom. The van der Waals surface area contributed by atoms with Crippen LogP contribution in [0, 0.1) is 0 Å². The fourth-order valence-electron chi connectivity index (χ4n) is 4.63. The first-order valence-electron chi connectivity index (χ1n) is 13.9. The zero-order valence-electron chi connectivity index (χ0n) is 25.3. The first kappa shape index (κ1) is 32.2. The Kier molecular flexibility index (Phi) is 9.68. The average molecular weight is 627 g/mol. The van der Waals surface area contributed by atoms with Gasteiger partial charge in [-0.05, 0) is 83.5 Å². The van der Waals surface area contributed by atoms with E-state index in [2.05, 4.69) is 31.2 Å². The fraction of sp³-hybridized carbons (Fsp3) is 0.387. The van der Waals surface area contributed by atoms with Gasteiger partial charge in [-0.2, -0.15) is 0 Å². The van der Waals surface area contributed by atoms with Crippen molar-refractivity contribution < 1.29 is 17.9 Å². The highest BCUT2D eigenvalue weighted by Crippen LogP contribution is 2.34. The van der Waals surface area contributed by atoms with Gasteiger partial charge in [0.25, 0.3) is 5.91 Å². The lowest BCUT2D eigenvalue weighted by Gasteiger charge is -2.26. The lowest BCUT2D eigenvalue weighted by Crippen LogP contribution is -2.45. The fourth-order valence-corrected chi connectivity index (χ4v) is 6.26. The number of sulfone groups is 1. The molecule has 0 atom stereocenters. The summed E-state index contributed by atoms with van der Waals surface area (Å²) in [7, 11) is -3.13. The van der Waals surface area contributed by atoms with Gasteiger partial charge < -0.3 is 26.0 Å². The van der Waals surface area contributed by atoms with Crippen LogP contribution in [0.5, 0.6) is 11.5 Å². The van der Waals surface area contributed by atoms with Crippen LogP contribution in [0.4, 0.5) is 17.3 Å². The summed E-state index contributed by atoms with van der Waals surface area (Å²) in [5.74, 6) is 2.07. The van der Waals surface area contributed by atoms with Crippen molar-refractivity contribution in [2.45, 2.75) is 52.1 Å². The highest BCUT2D eigenvalue weighted by molar-refractivity contribution is 7.90. The topological polar surface area (TPSA) is 134 Å². The van der Waals surface area contributed by atoms with Crippen LogP contribution >= 0.6 is 11.6 Å². The summed E-state index contributed by atoms with van der Waals surface area (Å²) in [6.45, 7) is 10.7. The molecule has 0 fully saturated rings. The SMILES string of the molecule is CC(C)(C)NC(=O)c1cccc(Oc2ccc(Nc3ncnc4c3C=C(CNC(C)(C)CS(C)(=O)=O)CCN4)cc2Cl)c1. The number of nitrogens with one attached hydrogen (secondary N) is 4. The minimum Gasteiger partial charge on any atom is -0.456 e. The Morgan fingerprint density at radius 2 is 1.86 bits per heavy atom. The Hall–Kier alpha value is -3.67. The van der Waals surface area contributed by atoms with E-state index in [1.54, 1.807) is 36.4 Å². The molecule has 0 unspecified atom stereocenters. The molecule has 2 heterocycles. The molecule has 12 heteroatoms. The third kappa shape index (κ3) is 9.67. The third-order valence-corrected chi connectivity index (χ3v) is 7.94. The summed E-state index contributed by atoms with van der Waals surface area (Å²) >= 11 is 6.60. The molecule has 0 radical (unpaired) electrons. The molecule has 0 saturated heterocycles. The number of benzene rings is 2. The van der Waals surface area contributed by atoms with E-state index in [0.29, 0.717) is 52.5 Å². The van der Waals surface area contributed by atoms with Crippen molar-refractivity contribution in [3.63, 3.8) is 0 Å². The molecule has 0 aliphatic carbocycles. The number of fused-ring (bicyclic) bond motifs is 1. The smallest absolute Gasteiger partial charge is 0.251 e. The summed E-state index contributed by atoms with van der Waals surface area (Å²) in [5, 5.41) is 13.4. The molecule has 2 aromatic carbocycles. The largest absolute Gasteiger partial charge is 0.456 e. The highest BCUT2D eigenvalue weighted by atomic mass is 35.5. The molecule has 1 aromatic heterocycles. The van der Waals surface area contributed by atoms with Gasteiger partial charge in [0.05, 0.1) is 16.3 Å². The van der Waals surface area contributed by atoms with Crippen LogP contribution in [-0.4, -0.2) is 60.5 Å². The van der Waals surface area contributed by atoms with Crippen LogP contribution in [0.1, 0.15) is 57.0 Å². The highest BCUT2D eigenvalue weighted by Gasteiger charge is 2.24. The van der Waals surface area contributed by atoms with Crippen LogP contribution in [0.15, 0.2) is 54.4 Å². The van der Waals surface area contributed by atoms with Gasteiger partial charge in [-0.15, -0.1) is 0 Å². The number of halogens is 1. The van der Waals surface area contributed by atoms with Crippen molar-refractivity contribution in [1.82, 2.24) is 20.6 Å². The van der Waals surface area contributed by atoms with Gasteiger partial charge in [-0.25, -0.2) is 18.4 Å². The van der Waals surface area contributed by atoms with E-state index in [1.165, 1.54) is 12.6 Å². The second-order valence-electron chi connectivity index (χ2n) is 12.4. The first-order chi connectivity index (χ1) is 20.1. The molecule has 43 heavy (non-hydrogen) atoms. The minimum absolute atomic E-state index is 0.0382. The van der Waals surface area contributed by atoms with Gasteiger partial charge in [0, 0.05) is 41.7 Å². The number of nitrogens with zero attached hydrogens (tertiary/aromatic N) is 2. The van der Waals surface area contributed by atoms with Crippen molar-refractivity contribution >= 4 is 50.7 Å². The standard InChI is InChI=1S/C31H39ClN6O4S/c1-30(2,3)38-29(39)21-8-7-9-23(15-21)42-26-11-10-22(16-25(26)32)37-28-24-14-20(12-13-33-27(24)34-19-35-28)17-36-31(4,5)18-43(6,40)41/h7-11,14-16,19,36H,12-13,17-18H2,1-6H3,(H,38,39)(H2,33,34,35,37). The van der Waals surface area contributed by atoms with E-state index < -0.39 is 15.4 Å². The summed E-state index contributed by atoms with van der Waals surface area (Å²) < 4.78 is 29.7. The average Bonchev–Trinajstić information content (AvgIpc) is 3.10. The lowest BCUT2D eigenvalue weighted by atomic mass is 10.1. The Balaban J connectivity index is 1.50. The van der Waals surface area contributed by atoms with Crippen LogP contribution in [0.2, 0.25) is 5.02 Å². The van der Waals surface area contributed by atoms with E-state index >= 15 is 0 Å². The van der Waals surface area contributed by atoms with Crippen LogP contribution < -0.4 is 26.0 Å². The molecule has 1 aliphatic heterocycles. The number of amides is 1. The molecule has 10 nitrogen and oxygen atoms in total. The van der Waals surface area contributed by atoms with Gasteiger partial charge in [0.1, 0.15) is 39.3 Å². The van der Waals surface area contributed by atoms with Crippen molar-refractivity contribution in [3.05, 3.63) is 70.5 Å². The van der Waals surface area contributed by atoms with Gasteiger partial charge in [-0.1, -0.05) is 23.2 Å². The second-order valence-corrected chi connectivity index (χ2v) is 14.9. The maximum atomic E-state index is 12.6. The lowest BCUT2D eigenvalue weighted by molar-refractivity contribution is 0.0919. The number of carbonyl (C=O) groups excluding carboxylic acids is 1. The monoisotopic (exact) mass is 626 g/mol. The third-order valence-electron chi connectivity index (χ3n) is 6.40. The molecule has 1 aliphatic rings. The maximum Gasteiger partial charge on any atom is 0.251 e. The molecule has 0 saturated carbocycles. The predicted octanol–water partition coefficient (Wildman–Crippen LogP) is 5.81. The number of rotatable bonds is 10. The summed E-state index contributed by atoms with van der Waals surface area (Å²) in [6, 6.07) is 12.2. The Bertz CT molecular complexity index is 1630. The van der Waals surface area contributed by atoms with Crippen LogP contribution in [0.3, 0.4) is 0 Å². The molecule has 4 rings (SSSR count). The quantitative estimate of drug-likeness (QED) is 0.220. The van der Waals surface area contributed by atoms with E-state index in [4.69, 9.17) is 16.3 Å². The molecule has 0 spiro atoms. The Morgan fingerprint density at radius 1 is 1.09 bits per heavy atom. The molecule has 0 bridgehead atoms. The first-order valence-corrected chi connectivity index (χ1v) is 16.4. The second kappa shape index (κ2) is 12.9. The number of hydrogen-bond acceptors (Lipinski definition) is 9. The number of ether oxygens (including phenoxy) is 1. The van der Waals surface area contributed by atoms with Crippen molar-refractivity contribution in [3.8, 4) is 11.5 Å². The van der Waals surface area contributed by atoms with Crippen molar-refractivity contribution in [1.29, 1.82) is 0 Å². The van der Waals surface area contributed by atoms with Crippen LogP contribution in [-0.2, 0) is 9.84 Å². The summed E-state index contributed by atoms with van der Waals surface area (Å²) in [6.07, 6.45) is 5.52. The van der Waals surface area contributed by atoms with Crippen LogP contribution in [0.25, 0.3) is 6.08 Å². The number of anilines is 3. The molecular weight excluding hydrogens is 588 g/mol. The summed E-state index contributed by atoms with van der Waals surface area (Å²) in [4.78, 5) is 21.5. The number of aromatic nitrogens is 2. The molecule has 4 N–H and O–H groups in total. The summed E-state index contributed by atoms with van der Waals surface area (Å²) in [5.41, 5.74) is 2.13.